The Kier molecular flexibility index (Phi) is 4.83. The third-order valence-corrected chi connectivity index (χ3v) is 2.83. The van der Waals surface area contributed by atoms with Crippen LogP contribution in [0.5, 0.6) is 5.75 Å². The van der Waals surface area contributed by atoms with Gasteiger partial charge >= 0.3 is 6.36 Å². The van der Waals surface area contributed by atoms with E-state index in [9.17, 15) is 22.4 Å². The van der Waals surface area contributed by atoms with E-state index in [4.69, 9.17) is 0 Å². The highest BCUT2D eigenvalue weighted by Crippen LogP contribution is 2.24. The molecule has 1 amide bonds. The van der Waals surface area contributed by atoms with Crippen molar-refractivity contribution < 1.29 is 27.1 Å². The molecule has 1 N–H and O–H groups in total. The fourth-order valence-corrected chi connectivity index (χ4v) is 1.75. The highest BCUT2D eigenvalue weighted by atomic mass is 19.4. The molecule has 1 aromatic carbocycles. The Morgan fingerprint density at radius 2 is 2.00 bits per heavy atom. The molecule has 0 atom stereocenters. The molecule has 122 valence electrons. The minimum Gasteiger partial charge on any atom is -0.406 e. The zero-order chi connectivity index (χ0) is 17.0. The van der Waals surface area contributed by atoms with Crippen LogP contribution in [0.15, 0.2) is 36.5 Å². The number of hydrogen-bond donors (Lipinski definition) is 1. The number of hydrogen-bond acceptors (Lipinski definition) is 3. The molecule has 23 heavy (non-hydrogen) atoms. The maximum Gasteiger partial charge on any atom is 0.573 e. The minimum atomic E-state index is -4.87. The van der Waals surface area contributed by atoms with Gasteiger partial charge in [-0.25, -0.2) is 4.39 Å². The molecule has 1 heterocycles. The van der Waals surface area contributed by atoms with Crippen LogP contribution in [0.2, 0.25) is 0 Å². The lowest BCUT2D eigenvalue weighted by Crippen LogP contribution is -2.24. The van der Waals surface area contributed by atoms with Gasteiger partial charge in [0.1, 0.15) is 17.3 Å². The van der Waals surface area contributed by atoms with Crippen LogP contribution in [0, 0.1) is 12.7 Å². The van der Waals surface area contributed by atoms with E-state index in [2.05, 4.69) is 15.0 Å². The summed E-state index contributed by atoms with van der Waals surface area (Å²) in [7, 11) is 0. The standard InChI is InChI=1S/C15H12F4N2O2/c1-9-2-5-13(20-7-9)14(22)21-8-10-6-11(3-4-12(10)16)23-15(17,18)19/h2-7H,8H2,1H3,(H,21,22). The average molecular weight is 328 g/mol. The Morgan fingerprint density at radius 3 is 2.61 bits per heavy atom. The number of aromatic nitrogens is 1. The zero-order valence-electron chi connectivity index (χ0n) is 11.9. The average Bonchev–Trinajstić information content (AvgIpc) is 2.46. The fraction of sp³-hybridized carbons (Fsp3) is 0.200. The molecule has 0 aliphatic rings. The molecular formula is C15H12F4N2O2. The number of aryl methyl sites for hydroxylation is 1. The Labute approximate surface area is 129 Å². The molecule has 1 aromatic heterocycles. The molecule has 0 radical (unpaired) electrons. The number of carbonyl (C=O) groups is 1. The second-order valence-corrected chi connectivity index (χ2v) is 4.70. The van der Waals surface area contributed by atoms with E-state index in [1.807, 2.05) is 0 Å². The van der Waals surface area contributed by atoms with Crippen molar-refractivity contribution >= 4 is 5.91 Å². The first kappa shape index (κ1) is 16.7. The lowest BCUT2D eigenvalue weighted by Gasteiger charge is -2.11. The van der Waals surface area contributed by atoms with Crippen LogP contribution in [0.25, 0.3) is 0 Å². The van der Waals surface area contributed by atoms with Gasteiger partial charge in [-0.1, -0.05) is 6.07 Å². The number of amides is 1. The third-order valence-electron chi connectivity index (χ3n) is 2.83. The van der Waals surface area contributed by atoms with Gasteiger partial charge in [0, 0.05) is 18.3 Å². The molecule has 2 rings (SSSR count). The number of carbonyl (C=O) groups excluding carboxylic acids is 1. The van der Waals surface area contributed by atoms with Gasteiger partial charge in [-0.3, -0.25) is 9.78 Å². The molecule has 4 nitrogen and oxygen atoms in total. The van der Waals surface area contributed by atoms with Gasteiger partial charge in [0.15, 0.2) is 0 Å². The van der Waals surface area contributed by atoms with Crippen LogP contribution < -0.4 is 10.1 Å². The zero-order valence-corrected chi connectivity index (χ0v) is 11.9. The van der Waals surface area contributed by atoms with Crippen molar-refractivity contribution in [3.05, 3.63) is 59.2 Å². The summed E-state index contributed by atoms with van der Waals surface area (Å²) < 4.78 is 53.8. The maximum absolute atomic E-state index is 13.6. The number of alkyl halides is 3. The minimum absolute atomic E-state index is 0.124. The molecule has 0 saturated heterocycles. The molecule has 2 aromatic rings. The second kappa shape index (κ2) is 6.64. The Bertz CT molecular complexity index is 700. The number of nitrogens with zero attached hydrogens (tertiary/aromatic N) is 1. The molecule has 0 aliphatic heterocycles. The van der Waals surface area contributed by atoms with Crippen LogP contribution in [-0.2, 0) is 6.54 Å². The van der Waals surface area contributed by atoms with Crippen LogP contribution in [-0.4, -0.2) is 17.3 Å². The SMILES string of the molecule is Cc1ccc(C(=O)NCc2cc(OC(F)(F)F)ccc2F)nc1. The van der Waals surface area contributed by atoms with E-state index in [0.717, 1.165) is 23.8 Å². The van der Waals surface area contributed by atoms with Crippen molar-refractivity contribution in [2.45, 2.75) is 19.8 Å². The van der Waals surface area contributed by atoms with Gasteiger partial charge in [0.25, 0.3) is 5.91 Å². The van der Waals surface area contributed by atoms with E-state index in [0.29, 0.717) is 0 Å². The number of halogens is 4. The first-order valence-corrected chi connectivity index (χ1v) is 6.49. The molecule has 8 heteroatoms. The van der Waals surface area contributed by atoms with E-state index in [1.54, 1.807) is 13.0 Å². The lowest BCUT2D eigenvalue weighted by molar-refractivity contribution is -0.274. The number of nitrogens with one attached hydrogen (secondary N) is 1. The van der Waals surface area contributed by atoms with Crippen molar-refractivity contribution in [2.24, 2.45) is 0 Å². The van der Waals surface area contributed by atoms with E-state index >= 15 is 0 Å². The Morgan fingerprint density at radius 1 is 1.26 bits per heavy atom. The van der Waals surface area contributed by atoms with E-state index in [-0.39, 0.29) is 17.8 Å². The normalized spacial score (nSPS) is 11.2. The van der Waals surface area contributed by atoms with Crippen molar-refractivity contribution in [2.75, 3.05) is 0 Å². The summed E-state index contributed by atoms with van der Waals surface area (Å²) in [5.74, 6) is -1.88. The topological polar surface area (TPSA) is 51.2 Å². The van der Waals surface area contributed by atoms with Crippen LogP contribution in [0.3, 0.4) is 0 Å². The van der Waals surface area contributed by atoms with E-state index in [1.165, 1.54) is 12.3 Å². The second-order valence-electron chi connectivity index (χ2n) is 4.70. The number of benzene rings is 1. The van der Waals surface area contributed by atoms with Crippen LogP contribution in [0.1, 0.15) is 21.6 Å². The summed E-state index contributed by atoms with van der Waals surface area (Å²) in [6.07, 6.45) is -3.38. The predicted molar refractivity (Wildman–Crippen MR) is 73.2 cm³/mol. The first-order valence-electron chi connectivity index (χ1n) is 6.49. The Hall–Kier alpha value is -2.64. The number of ether oxygens (including phenoxy) is 1. The van der Waals surface area contributed by atoms with Crippen molar-refractivity contribution in [3.8, 4) is 5.75 Å². The summed E-state index contributed by atoms with van der Waals surface area (Å²) in [4.78, 5) is 15.7. The molecule has 0 bridgehead atoms. The molecule has 0 fully saturated rings. The summed E-state index contributed by atoms with van der Waals surface area (Å²) >= 11 is 0. The van der Waals surface area contributed by atoms with Crippen molar-refractivity contribution in [3.63, 3.8) is 0 Å². The monoisotopic (exact) mass is 328 g/mol. The lowest BCUT2D eigenvalue weighted by atomic mass is 10.2. The molecule has 0 saturated carbocycles. The largest absolute Gasteiger partial charge is 0.573 e. The summed E-state index contributed by atoms with van der Waals surface area (Å²) in [5, 5.41) is 2.39. The Balaban J connectivity index is 2.06. The van der Waals surface area contributed by atoms with Gasteiger partial charge in [-0.2, -0.15) is 0 Å². The van der Waals surface area contributed by atoms with Crippen molar-refractivity contribution in [1.82, 2.24) is 10.3 Å². The van der Waals surface area contributed by atoms with Gasteiger partial charge in [0.2, 0.25) is 0 Å². The van der Waals surface area contributed by atoms with Gasteiger partial charge in [0.05, 0.1) is 0 Å². The first-order chi connectivity index (χ1) is 10.7. The predicted octanol–water partition coefficient (Wildman–Crippen LogP) is 3.36. The number of pyridine rings is 1. The van der Waals surface area contributed by atoms with Gasteiger partial charge in [-0.15, -0.1) is 13.2 Å². The molecule has 0 unspecified atom stereocenters. The third kappa shape index (κ3) is 4.94. The quantitative estimate of drug-likeness (QED) is 0.876. The number of rotatable bonds is 4. The highest BCUT2D eigenvalue weighted by Gasteiger charge is 2.31. The van der Waals surface area contributed by atoms with Gasteiger partial charge < -0.3 is 10.1 Å². The van der Waals surface area contributed by atoms with Crippen LogP contribution >= 0.6 is 0 Å². The summed E-state index contributed by atoms with van der Waals surface area (Å²) in [5.41, 5.74) is 0.857. The smallest absolute Gasteiger partial charge is 0.406 e. The van der Waals surface area contributed by atoms with E-state index < -0.39 is 23.8 Å². The van der Waals surface area contributed by atoms with Crippen molar-refractivity contribution in [1.29, 1.82) is 0 Å². The molecule has 0 aliphatic carbocycles. The maximum atomic E-state index is 13.6. The molecular weight excluding hydrogens is 316 g/mol. The summed E-state index contributed by atoms with van der Waals surface area (Å²) in [6.45, 7) is 1.51. The van der Waals surface area contributed by atoms with Gasteiger partial charge in [-0.05, 0) is 36.8 Å². The fourth-order valence-electron chi connectivity index (χ4n) is 1.75. The summed E-state index contributed by atoms with van der Waals surface area (Å²) in [6, 6.07) is 5.75. The molecule has 0 spiro atoms. The highest BCUT2D eigenvalue weighted by molar-refractivity contribution is 5.92. The van der Waals surface area contributed by atoms with Crippen LogP contribution in [0.4, 0.5) is 17.6 Å².